The lowest BCUT2D eigenvalue weighted by Gasteiger charge is -2.22. The minimum absolute atomic E-state index is 0.146. The Bertz CT molecular complexity index is 741. The highest BCUT2D eigenvalue weighted by molar-refractivity contribution is 5.57. The van der Waals surface area contributed by atoms with E-state index in [2.05, 4.69) is 16.5 Å². The predicted molar refractivity (Wildman–Crippen MR) is 72.9 cm³/mol. The number of hydrogen-bond donors (Lipinski definition) is 1. The maximum atomic E-state index is 13.8. The zero-order valence-corrected chi connectivity index (χ0v) is 11.3. The number of pyridine rings is 1. The van der Waals surface area contributed by atoms with Gasteiger partial charge >= 0.3 is 0 Å². The Morgan fingerprint density at radius 3 is 2.90 bits per heavy atom. The van der Waals surface area contributed by atoms with E-state index in [-0.39, 0.29) is 6.54 Å². The SMILES string of the molecule is CC1(C#N)NN(Cc2ccc(F)cc2F)c2ncccc21. The van der Waals surface area contributed by atoms with Crippen LogP contribution in [-0.4, -0.2) is 4.98 Å². The Balaban J connectivity index is 1.96. The van der Waals surface area contributed by atoms with E-state index in [1.807, 2.05) is 0 Å². The summed E-state index contributed by atoms with van der Waals surface area (Å²) in [6.45, 7) is 1.88. The third-order valence-electron chi connectivity index (χ3n) is 3.51. The van der Waals surface area contributed by atoms with Gasteiger partial charge in [-0.2, -0.15) is 5.26 Å². The molecule has 2 heterocycles. The maximum absolute atomic E-state index is 13.8. The van der Waals surface area contributed by atoms with Crippen LogP contribution < -0.4 is 10.4 Å². The van der Waals surface area contributed by atoms with E-state index in [4.69, 9.17) is 0 Å². The monoisotopic (exact) mass is 286 g/mol. The highest BCUT2D eigenvalue weighted by Gasteiger charge is 2.39. The number of fused-ring (bicyclic) bond motifs is 1. The predicted octanol–water partition coefficient (Wildman–Crippen LogP) is 2.62. The molecule has 1 aromatic carbocycles. The molecule has 0 radical (unpaired) electrons. The van der Waals surface area contributed by atoms with Crippen molar-refractivity contribution in [2.75, 3.05) is 5.01 Å². The van der Waals surface area contributed by atoms with Crippen molar-refractivity contribution in [2.24, 2.45) is 0 Å². The normalized spacial score (nSPS) is 20.2. The molecule has 1 aliphatic rings. The topological polar surface area (TPSA) is 52.0 Å². The summed E-state index contributed by atoms with van der Waals surface area (Å²) in [6, 6.07) is 9.18. The fourth-order valence-electron chi connectivity index (χ4n) is 2.41. The van der Waals surface area contributed by atoms with Crippen LogP contribution in [0.3, 0.4) is 0 Å². The van der Waals surface area contributed by atoms with Crippen molar-refractivity contribution in [3.05, 3.63) is 59.3 Å². The van der Waals surface area contributed by atoms with Crippen LogP contribution in [0.5, 0.6) is 0 Å². The molecule has 2 aromatic rings. The minimum atomic E-state index is -0.917. The smallest absolute Gasteiger partial charge is 0.149 e. The molecule has 0 aliphatic carbocycles. The van der Waals surface area contributed by atoms with Crippen LogP contribution in [0.25, 0.3) is 0 Å². The molecule has 1 aliphatic heterocycles. The standard InChI is InChI=1S/C15H12F2N4/c1-15(9-18)12-3-2-6-19-14(12)21(20-15)8-10-4-5-11(16)7-13(10)17/h2-7,20H,8H2,1H3. The van der Waals surface area contributed by atoms with Crippen LogP contribution in [0.2, 0.25) is 0 Å². The Kier molecular flexibility index (Phi) is 3.07. The fourth-order valence-corrected chi connectivity index (χ4v) is 2.41. The van der Waals surface area contributed by atoms with E-state index in [1.165, 1.54) is 12.1 Å². The van der Waals surface area contributed by atoms with Gasteiger partial charge in [0.05, 0.1) is 12.6 Å². The van der Waals surface area contributed by atoms with Gasteiger partial charge < -0.3 is 0 Å². The Morgan fingerprint density at radius 1 is 1.38 bits per heavy atom. The van der Waals surface area contributed by atoms with Crippen molar-refractivity contribution in [1.82, 2.24) is 10.4 Å². The summed E-state index contributed by atoms with van der Waals surface area (Å²) in [6.07, 6.45) is 1.61. The molecular formula is C15H12F2N4. The van der Waals surface area contributed by atoms with Crippen LogP contribution >= 0.6 is 0 Å². The molecule has 3 rings (SSSR count). The van der Waals surface area contributed by atoms with Crippen molar-refractivity contribution >= 4 is 5.82 Å². The summed E-state index contributed by atoms with van der Waals surface area (Å²) in [5, 5.41) is 11.0. The van der Waals surface area contributed by atoms with Crippen LogP contribution in [0.1, 0.15) is 18.1 Å². The van der Waals surface area contributed by atoms with Gasteiger partial charge in [-0.05, 0) is 19.1 Å². The summed E-state index contributed by atoms with van der Waals surface area (Å²) in [5.41, 5.74) is 3.16. The van der Waals surface area contributed by atoms with Crippen molar-refractivity contribution in [1.29, 1.82) is 5.26 Å². The second kappa shape index (κ2) is 4.79. The van der Waals surface area contributed by atoms with E-state index in [0.29, 0.717) is 11.4 Å². The summed E-state index contributed by atoms with van der Waals surface area (Å²) in [7, 11) is 0. The molecule has 0 saturated heterocycles. The molecule has 1 atom stereocenters. The van der Waals surface area contributed by atoms with Gasteiger partial charge in [0.25, 0.3) is 0 Å². The molecule has 6 heteroatoms. The number of rotatable bonds is 2. The maximum Gasteiger partial charge on any atom is 0.149 e. The van der Waals surface area contributed by atoms with Gasteiger partial charge in [-0.25, -0.2) is 19.2 Å². The average molecular weight is 286 g/mol. The molecule has 0 spiro atoms. The molecule has 0 saturated carbocycles. The molecule has 21 heavy (non-hydrogen) atoms. The number of benzene rings is 1. The van der Waals surface area contributed by atoms with Gasteiger partial charge in [0, 0.05) is 23.4 Å². The van der Waals surface area contributed by atoms with Gasteiger partial charge in [-0.15, -0.1) is 0 Å². The number of hydrogen-bond acceptors (Lipinski definition) is 4. The van der Waals surface area contributed by atoms with Crippen LogP contribution in [0, 0.1) is 23.0 Å². The van der Waals surface area contributed by atoms with Crippen LogP contribution in [0.4, 0.5) is 14.6 Å². The zero-order valence-electron chi connectivity index (χ0n) is 11.3. The van der Waals surface area contributed by atoms with Gasteiger partial charge in [0.15, 0.2) is 0 Å². The van der Waals surface area contributed by atoms with Crippen LogP contribution in [0.15, 0.2) is 36.5 Å². The molecule has 4 nitrogen and oxygen atoms in total. The summed E-state index contributed by atoms with van der Waals surface area (Å²) in [4.78, 5) is 4.24. The molecule has 0 amide bonds. The largest absolute Gasteiger partial charge is 0.285 e. The second-order valence-electron chi connectivity index (χ2n) is 5.05. The second-order valence-corrected chi connectivity index (χ2v) is 5.05. The molecule has 0 bridgehead atoms. The van der Waals surface area contributed by atoms with Gasteiger partial charge in [0.1, 0.15) is 23.0 Å². The molecular weight excluding hydrogens is 274 g/mol. The summed E-state index contributed by atoms with van der Waals surface area (Å²) in [5.74, 6) is -0.670. The quantitative estimate of drug-likeness (QED) is 0.922. The zero-order chi connectivity index (χ0) is 15.0. The first kappa shape index (κ1) is 13.5. The van der Waals surface area contributed by atoms with Crippen molar-refractivity contribution in [2.45, 2.75) is 19.0 Å². The number of nitriles is 1. The third kappa shape index (κ3) is 2.22. The number of halogens is 2. The number of nitrogens with zero attached hydrogens (tertiary/aromatic N) is 3. The first-order valence-corrected chi connectivity index (χ1v) is 6.39. The van der Waals surface area contributed by atoms with Crippen molar-refractivity contribution in [3.63, 3.8) is 0 Å². The van der Waals surface area contributed by atoms with E-state index in [0.717, 1.165) is 11.6 Å². The van der Waals surface area contributed by atoms with E-state index < -0.39 is 17.2 Å². The van der Waals surface area contributed by atoms with E-state index in [9.17, 15) is 14.0 Å². The third-order valence-corrected chi connectivity index (χ3v) is 3.51. The molecule has 106 valence electrons. The highest BCUT2D eigenvalue weighted by Crippen LogP contribution is 2.35. The Hall–Kier alpha value is -2.52. The molecule has 0 fully saturated rings. The van der Waals surface area contributed by atoms with E-state index >= 15 is 0 Å². The lowest BCUT2D eigenvalue weighted by Crippen LogP contribution is -2.43. The summed E-state index contributed by atoms with van der Waals surface area (Å²) < 4.78 is 26.7. The fraction of sp³-hybridized carbons (Fsp3) is 0.200. The van der Waals surface area contributed by atoms with Crippen molar-refractivity contribution < 1.29 is 8.78 Å². The highest BCUT2D eigenvalue weighted by atomic mass is 19.1. The lowest BCUT2D eigenvalue weighted by atomic mass is 9.97. The number of hydrazine groups is 1. The minimum Gasteiger partial charge on any atom is -0.285 e. The summed E-state index contributed by atoms with van der Waals surface area (Å²) >= 11 is 0. The first-order valence-electron chi connectivity index (χ1n) is 6.39. The number of nitrogens with one attached hydrogen (secondary N) is 1. The van der Waals surface area contributed by atoms with Crippen molar-refractivity contribution in [3.8, 4) is 6.07 Å². The molecule has 1 unspecified atom stereocenters. The van der Waals surface area contributed by atoms with E-state index in [1.54, 1.807) is 30.3 Å². The first-order chi connectivity index (χ1) is 10.0. The Morgan fingerprint density at radius 2 is 2.19 bits per heavy atom. The lowest BCUT2D eigenvalue weighted by molar-refractivity contribution is 0.474. The van der Waals surface area contributed by atoms with Gasteiger partial charge in [0.2, 0.25) is 0 Å². The number of aromatic nitrogens is 1. The van der Waals surface area contributed by atoms with Gasteiger partial charge in [-0.3, -0.25) is 5.01 Å². The Labute approximate surface area is 120 Å². The average Bonchev–Trinajstić information content (AvgIpc) is 2.76. The number of anilines is 1. The molecule has 1 aromatic heterocycles. The van der Waals surface area contributed by atoms with Gasteiger partial charge in [-0.1, -0.05) is 12.1 Å². The molecule has 1 N–H and O–H groups in total. The van der Waals surface area contributed by atoms with Crippen LogP contribution in [-0.2, 0) is 12.1 Å².